The Morgan fingerprint density at radius 1 is 1.29 bits per heavy atom. The molecule has 24 heavy (non-hydrogen) atoms. The van der Waals surface area contributed by atoms with E-state index in [0.717, 1.165) is 56.3 Å². The molecule has 130 valence electrons. The maximum Gasteiger partial charge on any atom is 0.243 e. The van der Waals surface area contributed by atoms with E-state index in [0.29, 0.717) is 0 Å². The number of carbonyl (C=O) groups excluding carboxylic acids is 1. The Balaban J connectivity index is 1.56. The number of piperidine rings is 1. The van der Waals surface area contributed by atoms with Gasteiger partial charge >= 0.3 is 0 Å². The number of rotatable bonds is 6. The van der Waals surface area contributed by atoms with Crippen LogP contribution in [0.5, 0.6) is 0 Å². The third kappa shape index (κ3) is 4.16. The summed E-state index contributed by atoms with van der Waals surface area (Å²) in [6, 6.07) is 10.1. The second kappa shape index (κ2) is 7.81. The van der Waals surface area contributed by atoms with Crippen LogP contribution in [0.4, 0.5) is 0 Å². The summed E-state index contributed by atoms with van der Waals surface area (Å²) in [7, 11) is 4.21. The molecule has 0 spiro atoms. The standard InChI is InChI=1S/C19H28N4O/c1-21(2)11-6-13-22-12-5-8-17(15-22)19(24)20-23-14-10-16-7-3-4-9-18(16)23/h3-4,7,9-10,14,17H,5-6,8,11-13,15H2,1-2H3,(H,20,24). The van der Waals surface area contributed by atoms with Gasteiger partial charge in [-0.2, -0.15) is 0 Å². The van der Waals surface area contributed by atoms with Gasteiger partial charge in [0.2, 0.25) is 5.91 Å². The average Bonchev–Trinajstić information content (AvgIpc) is 2.98. The molecular weight excluding hydrogens is 300 g/mol. The molecule has 0 bridgehead atoms. The molecule has 1 fully saturated rings. The number of aromatic nitrogens is 1. The Labute approximate surface area is 144 Å². The Hall–Kier alpha value is -1.85. The molecule has 2 aromatic rings. The van der Waals surface area contributed by atoms with E-state index in [1.165, 1.54) is 0 Å². The van der Waals surface area contributed by atoms with E-state index in [2.05, 4.69) is 35.4 Å². The molecule has 3 rings (SSSR count). The van der Waals surface area contributed by atoms with Crippen molar-refractivity contribution in [1.29, 1.82) is 0 Å². The van der Waals surface area contributed by atoms with Crippen LogP contribution in [0.3, 0.4) is 0 Å². The summed E-state index contributed by atoms with van der Waals surface area (Å²) >= 11 is 0. The second-order valence-corrected chi connectivity index (χ2v) is 7.02. The van der Waals surface area contributed by atoms with Gasteiger partial charge in [0, 0.05) is 18.1 Å². The van der Waals surface area contributed by atoms with Crippen LogP contribution in [0, 0.1) is 5.92 Å². The van der Waals surface area contributed by atoms with E-state index < -0.39 is 0 Å². The molecule has 1 aromatic carbocycles. The lowest BCUT2D eigenvalue weighted by molar-refractivity contribution is -0.122. The molecule has 1 unspecified atom stereocenters. The minimum Gasteiger partial charge on any atom is -0.309 e. The number of nitrogens with zero attached hydrogens (tertiary/aromatic N) is 3. The van der Waals surface area contributed by atoms with Gasteiger partial charge in [-0.05, 0) is 65.1 Å². The Bertz CT molecular complexity index is 679. The summed E-state index contributed by atoms with van der Waals surface area (Å²) < 4.78 is 1.85. The normalized spacial score (nSPS) is 19.0. The van der Waals surface area contributed by atoms with Crippen molar-refractivity contribution in [2.24, 2.45) is 5.92 Å². The molecule has 1 saturated heterocycles. The lowest BCUT2D eigenvalue weighted by atomic mass is 9.97. The predicted octanol–water partition coefficient (Wildman–Crippen LogP) is 2.38. The zero-order valence-corrected chi connectivity index (χ0v) is 14.7. The molecule has 0 radical (unpaired) electrons. The van der Waals surface area contributed by atoms with E-state index in [1.807, 2.05) is 35.1 Å². The maximum absolute atomic E-state index is 12.7. The Morgan fingerprint density at radius 2 is 2.12 bits per heavy atom. The lowest BCUT2D eigenvalue weighted by Gasteiger charge is -2.32. The fourth-order valence-electron chi connectivity index (χ4n) is 3.47. The van der Waals surface area contributed by atoms with E-state index in [1.54, 1.807) is 0 Å². The number of amides is 1. The third-order valence-corrected chi connectivity index (χ3v) is 4.79. The van der Waals surface area contributed by atoms with Gasteiger partial charge in [-0.1, -0.05) is 18.2 Å². The van der Waals surface area contributed by atoms with Crippen molar-refractivity contribution >= 4 is 16.8 Å². The van der Waals surface area contributed by atoms with E-state index in [9.17, 15) is 4.79 Å². The first-order chi connectivity index (χ1) is 11.6. The molecule has 5 heteroatoms. The quantitative estimate of drug-likeness (QED) is 0.885. The van der Waals surface area contributed by atoms with Crippen LogP contribution in [-0.4, -0.2) is 60.7 Å². The molecule has 1 atom stereocenters. The minimum absolute atomic E-state index is 0.0827. The molecule has 1 N–H and O–H groups in total. The number of fused-ring (bicyclic) bond motifs is 1. The van der Waals surface area contributed by atoms with Gasteiger partial charge in [0.25, 0.3) is 0 Å². The lowest BCUT2D eigenvalue weighted by Crippen LogP contribution is -2.42. The molecular formula is C19H28N4O. The van der Waals surface area contributed by atoms with Crippen molar-refractivity contribution in [3.63, 3.8) is 0 Å². The van der Waals surface area contributed by atoms with E-state index in [-0.39, 0.29) is 11.8 Å². The highest BCUT2D eigenvalue weighted by molar-refractivity contribution is 5.89. The molecule has 1 aliphatic rings. The largest absolute Gasteiger partial charge is 0.309 e. The highest BCUT2D eigenvalue weighted by Crippen LogP contribution is 2.19. The van der Waals surface area contributed by atoms with Gasteiger partial charge in [-0.15, -0.1) is 0 Å². The second-order valence-electron chi connectivity index (χ2n) is 7.02. The maximum atomic E-state index is 12.7. The Morgan fingerprint density at radius 3 is 2.96 bits per heavy atom. The predicted molar refractivity (Wildman–Crippen MR) is 98.6 cm³/mol. The van der Waals surface area contributed by atoms with Crippen LogP contribution in [0.15, 0.2) is 36.5 Å². The Kier molecular flexibility index (Phi) is 5.53. The number of nitrogens with one attached hydrogen (secondary N) is 1. The van der Waals surface area contributed by atoms with Gasteiger partial charge in [0.05, 0.1) is 11.4 Å². The first kappa shape index (κ1) is 17.0. The SMILES string of the molecule is CN(C)CCCN1CCCC(C(=O)Nn2ccc3ccccc32)C1. The molecule has 2 heterocycles. The summed E-state index contributed by atoms with van der Waals surface area (Å²) in [5, 5.41) is 1.15. The average molecular weight is 328 g/mol. The van der Waals surface area contributed by atoms with E-state index >= 15 is 0 Å². The van der Waals surface area contributed by atoms with Crippen molar-refractivity contribution in [1.82, 2.24) is 14.5 Å². The summed E-state index contributed by atoms with van der Waals surface area (Å²) in [6.07, 6.45) is 5.17. The van der Waals surface area contributed by atoms with Crippen LogP contribution < -0.4 is 5.43 Å². The van der Waals surface area contributed by atoms with Gasteiger partial charge in [-0.3, -0.25) is 14.9 Å². The van der Waals surface area contributed by atoms with Gasteiger partial charge in [0.1, 0.15) is 0 Å². The molecule has 0 saturated carbocycles. The minimum atomic E-state index is 0.0827. The van der Waals surface area contributed by atoms with Crippen molar-refractivity contribution in [2.45, 2.75) is 19.3 Å². The highest BCUT2D eigenvalue weighted by atomic mass is 16.2. The zero-order valence-electron chi connectivity index (χ0n) is 14.7. The molecule has 1 aromatic heterocycles. The topological polar surface area (TPSA) is 40.5 Å². The van der Waals surface area contributed by atoms with Gasteiger partial charge in [-0.25, -0.2) is 0 Å². The van der Waals surface area contributed by atoms with Crippen molar-refractivity contribution in [2.75, 3.05) is 45.7 Å². The van der Waals surface area contributed by atoms with Crippen molar-refractivity contribution < 1.29 is 4.79 Å². The number of benzene rings is 1. The fourth-order valence-corrected chi connectivity index (χ4v) is 3.47. The highest BCUT2D eigenvalue weighted by Gasteiger charge is 2.25. The van der Waals surface area contributed by atoms with Crippen LogP contribution >= 0.6 is 0 Å². The zero-order chi connectivity index (χ0) is 16.9. The summed E-state index contributed by atoms with van der Waals surface area (Å²) in [5.74, 6) is 0.216. The number of para-hydroxylation sites is 1. The van der Waals surface area contributed by atoms with Gasteiger partial charge in [0.15, 0.2) is 0 Å². The smallest absolute Gasteiger partial charge is 0.243 e. The summed E-state index contributed by atoms with van der Waals surface area (Å²) in [6.45, 7) is 4.17. The first-order valence-corrected chi connectivity index (χ1v) is 8.87. The third-order valence-electron chi connectivity index (χ3n) is 4.79. The van der Waals surface area contributed by atoms with Crippen LogP contribution in [0.1, 0.15) is 19.3 Å². The molecule has 5 nitrogen and oxygen atoms in total. The molecule has 1 amide bonds. The number of hydrogen-bond donors (Lipinski definition) is 1. The van der Waals surface area contributed by atoms with Crippen molar-refractivity contribution in [3.8, 4) is 0 Å². The summed E-state index contributed by atoms with van der Waals surface area (Å²) in [4.78, 5) is 17.3. The molecule has 0 aliphatic carbocycles. The number of carbonyl (C=O) groups is 1. The monoisotopic (exact) mass is 328 g/mol. The van der Waals surface area contributed by atoms with Gasteiger partial charge < -0.3 is 9.80 Å². The first-order valence-electron chi connectivity index (χ1n) is 8.87. The van der Waals surface area contributed by atoms with Crippen LogP contribution in [0.25, 0.3) is 10.9 Å². The molecule has 1 aliphatic heterocycles. The van der Waals surface area contributed by atoms with Crippen molar-refractivity contribution in [3.05, 3.63) is 36.5 Å². The number of likely N-dealkylation sites (tertiary alicyclic amines) is 1. The number of hydrogen-bond acceptors (Lipinski definition) is 3. The van der Waals surface area contributed by atoms with Crippen LogP contribution in [-0.2, 0) is 4.79 Å². The van der Waals surface area contributed by atoms with E-state index in [4.69, 9.17) is 0 Å². The fraction of sp³-hybridized carbons (Fsp3) is 0.526. The summed E-state index contributed by atoms with van der Waals surface area (Å²) in [5.41, 5.74) is 4.12. The van der Waals surface area contributed by atoms with Crippen LogP contribution in [0.2, 0.25) is 0 Å².